The highest BCUT2D eigenvalue weighted by Gasteiger charge is 2.47. The zero-order chi connectivity index (χ0) is 24.6. The summed E-state index contributed by atoms with van der Waals surface area (Å²) in [4.78, 5) is 27.8. The van der Waals surface area contributed by atoms with E-state index in [1.807, 2.05) is 39.0 Å². The van der Waals surface area contributed by atoms with E-state index < -0.39 is 23.5 Å². The number of aliphatic hydroxyl groups excluding tert-OH is 1. The third kappa shape index (κ3) is 4.07. The van der Waals surface area contributed by atoms with Crippen molar-refractivity contribution < 1.29 is 23.8 Å². The average Bonchev–Trinajstić information content (AvgIpc) is 3.09. The van der Waals surface area contributed by atoms with Gasteiger partial charge in [0.2, 0.25) is 0 Å². The van der Waals surface area contributed by atoms with Crippen molar-refractivity contribution in [3.63, 3.8) is 0 Å². The van der Waals surface area contributed by atoms with Gasteiger partial charge in [-0.15, -0.1) is 0 Å². The summed E-state index contributed by atoms with van der Waals surface area (Å²) in [5, 5.41) is 11.4. The third-order valence-electron chi connectivity index (χ3n) is 6.03. The molecule has 3 aromatic rings. The van der Waals surface area contributed by atoms with Crippen LogP contribution in [0.25, 0.3) is 5.76 Å². The molecular weight excluding hydrogens is 433 g/mol. The van der Waals surface area contributed by atoms with Crippen molar-refractivity contribution in [3.8, 4) is 5.75 Å². The molecule has 0 spiro atoms. The van der Waals surface area contributed by atoms with Crippen molar-refractivity contribution in [2.24, 2.45) is 0 Å². The average molecular weight is 460 g/mol. The van der Waals surface area contributed by atoms with Gasteiger partial charge in [0.1, 0.15) is 17.3 Å². The van der Waals surface area contributed by atoms with Gasteiger partial charge in [-0.3, -0.25) is 14.5 Å². The van der Waals surface area contributed by atoms with E-state index in [0.29, 0.717) is 22.6 Å². The summed E-state index contributed by atoms with van der Waals surface area (Å²) in [6.07, 6.45) is 0. The fourth-order valence-electron chi connectivity index (χ4n) is 4.34. The number of carbonyl (C=O) groups is 2. The first kappa shape index (κ1) is 23.2. The number of carbonyl (C=O) groups excluding carboxylic acids is 2. The first-order valence-corrected chi connectivity index (χ1v) is 11.0. The van der Waals surface area contributed by atoms with Crippen molar-refractivity contribution in [1.82, 2.24) is 0 Å². The number of anilines is 1. The number of benzene rings is 3. The Labute approximate surface area is 198 Å². The molecule has 0 aliphatic carbocycles. The van der Waals surface area contributed by atoms with E-state index in [2.05, 4.69) is 0 Å². The molecule has 1 atom stereocenters. The second-order valence-electron chi connectivity index (χ2n) is 8.67. The number of halogens is 1. The Kier molecular flexibility index (Phi) is 6.24. The van der Waals surface area contributed by atoms with Crippen molar-refractivity contribution in [1.29, 1.82) is 0 Å². The van der Waals surface area contributed by atoms with E-state index in [4.69, 9.17) is 4.74 Å². The van der Waals surface area contributed by atoms with Crippen LogP contribution in [0.15, 0.2) is 72.3 Å². The number of nitrogens with zero attached hydrogens (tertiary/aromatic N) is 1. The summed E-state index contributed by atoms with van der Waals surface area (Å²) in [7, 11) is 1.58. The number of ether oxygens (including phenoxy) is 1. The summed E-state index contributed by atoms with van der Waals surface area (Å²) in [5.74, 6) is -1.51. The van der Waals surface area contributed by atoms with Crippen molar-refractivity contribution in [3.05, 3.63) is 100 Å². The second-order valence-corrected chi connectivity index (χ2v) is 8.67. The van der Waals surface area contributed by atoms with E-state index in [1.165, 1.54) is 29.2 Å². The predicted molar refractivity (Wildman–Crippen MR) is 129 cm³/mol. The summed E-state index contributed by atoms with van der Waals surface area (Å²) in [6, 6.07) is 17.1. The fraction of sp³-hybridized carbons (Fsp3) is 0.214. The Hall–Kier alpha value is -3.93. The maximum atomic E-state index is 13.6. The molecule has 5 nitrogen and oxygen atoms in total. The van der Waals surface area contributed by atoms with Gasteiger partial charge in [0, 0.05) is 11.3 Å². The molecule has 3 aromatic carbocycles. The number of hydrogen-bond acceptors (Lipinski definition) is 4. The van der Waals surface area contributed by atoms with Gasteiger partial charge in [0.15, 0.2) is 0 Å². The van der Waals surface area contributed by atoms with Gasteiger partial charge < -0.3 is 9.84 Å². The summed E-state index contributed by atoms with van der Waals surface area (Å²) in [6.45, 7) is 5.91. The van der Waals surface area contributed by atoms with Crippen molar-refractivity contribution in [2.45, 2.75) is 32.7 Å². The fourth-order valence-corrected chi connectivity index (χ4v) is 4.34. The summed E-state index contributed by atoms with van der Waals surface area (Å²) in [5.41, 5.74) is 3.24. The van der Waals surface area contributed by atoms with Gasteiger partial charge in [-0.1, -0.05) is 43.7 Å². The SMILES string of the molecule is COc1ccc(/C(O)=C2/C(=O)C(=O)N(c3ccc(F)cc3)C2c2cccc(C)c2)cc1C(C)C. The molecule has 1 fully saturated rings. The lowest BCUT2D eigenvalue weighted by molar-refractivity contribution is -0.132. The van der Waals surface area contributed by atoms with Crippen LogP contribution in [0, 0.1) is 12.7 Å². The lowest BCUT2D eigenvalue weighted by Crippen LogP contribution is -2.29. The van der Waals surface area contributed by atoms with Gasteiger partial charge in [-0.05, 0) is 66.4 Å². The van der Waals surface area contributed by atoms with Crippen LogP contribution in [0.4, 0.5) is 10.1 Å². The molecule has 6 heteroatoms. The number of hydrogen-bond donors (Lipinski definition) is 1. The largest absolute Gasteiger partial charge is 0.507 e. The molecular formula is C28H26FNO4. The minimum atomic E-state index is -0.866. The molecule has 1 unspecified atom stereocenters. The molecule has 34 heavy (non-hydrogen) atoms. The van der Waals surface area contributed by atoms with E-state index in [0.717, 1.165) is 11.1 Å². The number of Topliss-reactive ketones (excluding diaryl/α,β-unsaturated/α-hetero) is 1. The minimum absolute atomic E-state index is 0.0141. The number of aryl methyl sites for hydroxylation is 1. The van der Waals surface area contributed by atoms with Crippen LogP contribution in [0.1, 0.15) is 48.1 Å². The van der Waals surface area contributed by atoms with Crippen LogP contribution in [0.5, 0.6) is 5.75 Å². The number of amides is 1. The Morgan fingerprint density at radius 3 is 2.35 bits per heavy atom. The van der Waals surface area contributed by atoms with Gasteiger partial charge >= 0.3 is 0 Å². The first-order chi connectivity index (χ1) is 16.2. The molecule has 0 radical (unpaired) electrons. The smallest absolute Gasteiger partial charge is 0.300 e. The van der Waals surface area contributed by atoms with E-state index in [9.17, 15) is 19.1 Å². The molecule has 1 saturated heterocycles. The van der Waals surface area contributed by atoms with Crippen LogP contribution in [-0.4, -0.2) is 23.9 Å². The third-order valence-corrected chi connectivity index (χ3v) is 6.03. The van der Waals surface area contributed by atoms with Crippen LogP contribution in [-0.2, 0) is 9.59 Å². The monoisotopic (exact) mass is 459 g/mol. The standard InChI is InChI=1S/C28H26FNO4/c1-16(2)22-15-19(8-13-23(22)34-4)26(31)24-25(18-7-5-6-17(3)14-18)30(28(33)27(24)32)21-11-9-20(29)10-12-21/h5-16,25,31H,1-4H3/b26-24-. The Balaban J connectivity index is 1.95. The minimum Gasteiger partial charge on any atom is -0.507 e. The molecule has 1 aliphatic heterocycles. The van der Waals surface area contributed by atoms with Gasteiger partial charge in [-0.2, -0.15) is 0 Å². The molecule has 1 amide bonds. The summed E-state index contributed by atoms with van der Waals surface area (Å²) >= 11 is 0. The lowest BCUT2D eigenvalue weighted by Gasteiger charge is -2.25. The Morgan fingerprint density at radius 2 is 1.74 bits per heavy atom. The van der Waals surface area contributed by atoms with Crippen LogP contribution >= 0.6 is 0 Å². The van der Waals surface area contributed by atoms with E-state index >= 15 is 0 Å². The molecule has 0 aromatic heterocycles. The second kappa shape index (κ2) is 9.14. The molecule has 1 aliphatic rings. The maximum Gasteiger partial charge on any atom is 0.300 e. The number of ketones is 1. The number of rotatable bonds is 5. The van der Waals surface area contributed by atoms with Crippen molar-refractivity contribution >= 4 is 23.1 Å². The van der Waals surface area contributed by atoms with Crippen molar-refractivity contribution in [2.75, 3.05) is 12.0 Å². The van der Waals surface area contributed by atoms with Gasteiger partial charge in [0.25, 0.3) is 11.7 Å². The highest BCUT2D eigenvalue weighted by molar-refractivity contribution is 6.51. The molecule has 0 bridgehead atoms. The van der Waals surface area contributed by atoms with E-state index in [-0.39, 0.29) is 17.3 Å². The maximum absolute atomic E-state index is 13.6. The topological polar surface area (TPSA) is 66.8 Å². The van der Waals surface area contributed by atoms with Crippen LogP contribution < -0.4 is 9.64 Å². The van der Waals surface area contributed by atoms with Gasteiger partial charge in [0.05, 0.1) is 18.7 Å². The molecule has 4 rings (SSSR count). The normalized spacial score (nSPS) is 17.5. The Bertz CT molecular complexity index is 1290. The Morgan fingerprint density at radius 1 is 1.03 bits per heavy atom. The highest BCUT2D eigenvalue weighted by Crippen LogP contribution is 2.43. The molecule has 174 valence electrons. The highest BCUT2D eigenvalue weighted by atomic mass is 19.1. The summed E-state index contributed by atoms with van der Waals surface area (Å²) < 4.78 is 19.0. The zero-order valence-electron chi connectivity index (χ0n) is 19.5. The predicted octanol–water partition coefficient (Wildman–Crippen LogP) is 5.89. The first-order valence-electron chi connectivity index (χ1n) is 11.0. The number of methoxy groups -OCH3 is 1. The quantitative estimate of drug-likeness (QED) is 0.293. The zero-order valence-corrected chi connectivity index (χ0v) is 19.5. The molecule has 0 saturated carbocycles. The number of aliphatic hydroxyl groups is 1. The molecule has 1 heterocycles. The van der Waals surface area contributed by atoms with E-state index in [1.54, 1.807) is 31.4 Å². The van der Waals surface area contributed by atoms with Gasteiger partial charge in [-0.25, -0.2) is 4.39 Å². The van der Waals surface area contributed by atoms with Crippen LogP contribution in [0.2, 0.25) is 0 Å². The van der Waals surface area contributed by atoms with Crippen LogP contribution in [0.3, 0.4) is 0 Å². The lowest BCUT2D eigenvalue weighted by atomic mass is 9.92. The molecule has 1 N–H and O–H groups in total.